The highest BCUT2D eigenvalue weighted by atomic mass is 32.2. The Morgan fingerprint density at radius 2 is 1.95 bits per heavy atom. The molecule has 0 atom stereocenters. The van der Waals surface area contributed by atoms with E-state index >= 15 is 4.39 Å². The molecule has 37 heavy (non-hydrogen) atoms. The van der Waals surface area contributed by atoms with E-state index in [9.17, 15) is 17.8 Å². The van der Waals surface area contributed by atoms with Crippen LogP contribution < -0.4 is 9.64 Å². The summed E-state index contributed by atoms with van der Waals surface area (Å²) in [5, 5.41) is 6.83. The molecule has 2 aliphatic heterocycles. The zero-order chi connectivity index (χ0) is 26.3. The van der Waals surface area contributed by atoms with Crippen molar-refractivity contribution < 1.29 is 31.3 Å². The van der Waals surface area contributed by atoms with Gasteiger partial charge < -0.3 is 14.1 Å². The van der Waals surface area contributed by atoms with Gasteiger partial charge in [0.25, 0.3) is 5.89 Å². The molecule has 0 unspecified atom stereocenters. The number of fused-ring (bicyclic) bond motifs is 1. The van der Waals surface area contributed by atoms with Crippen LogP contribution >= 0.6 is 0 Å². The molecule has 0 spiro atoms. The number of hydrogen-bond donors (Lipinski definition) is 0. The number of carbonyl (C=O) groups excluding carboxylic acids is 1. The normalized spacial score (nSPS) is 17.1. The SMILES string of the molecule is CC1(C)Cc2cccc(N(Cc3ccc(-c4nnc(C(F)F)o4)cc3F)C(=O)N3CCS(=O)CC3)c2O1. The lowest BCUT2D eigenvalue weighted by Crippen LogP contribution is -2.48. The number of amides is 2. The first-order valence-electron chi connectivity index (χ1n) is 11.7. The number of anilines is 1. The fraction of sp³-hybridized carbons (Fsp3) is 0.400. The predicted molar refractivity (Wildman–Crippen MR) is 131 cm³/mol. The van der Waals surface area contributed by atoms with Crippen molar-refractivity contribution in [3.8, 4) is 17.2 Å². The van der Waals surface area contributed by atoms with Crippen LogP contribution in [0.3, 0.4) is 0 Å². The summed E-state index contributed by atoms with van der Waals surface area (Å²) in [6, 6.07) is 9.23. The van der Waals surface area contributed by atoms with Gasteiger partial charge in [-0.1, -0.05) is 18.2 Å². The second-order valence-electron chi connectivity index (χ2n) is 9.56. The van der Waals surface area contributed by atoms with Crippen LogP contribution in [-0.4, -0.2) is 55.5 Å². The molecule has 0 N–H and O–H groups in total. The quantitative estimate of drug-likeness (QED) is 0.471. The first-order chi connectivity index (χ1) is 17.6. The lowest BCUT2D eigenvalue weighted by Gasteiger charge is -2.33. The first-order valence-corrected chi connectivity index (χ1v) is 13.2. The van der Waals surface area contributed by atoms with Crippen LogP contribution in [0.2, 0.25) is 0 Å². The molecule has 0 saturated carbocycles. The van der Waals surface area contributed by atoms with Crippen LogP contribution in [0.15, 0.2) is 40.8 Å². The average Bonchev–Trinajstić information content (AvgIpc) is 3.47. The maximum absolute atomic E-state index is 15.3. The predicted octanol–water partition coefficient (Wildman–Crippen LogP) is 4.72. The molecule has 3 aromatic rings. The van der Waals surface area contributed by atoms with Crippen molar-refractivity contribution in [2.45, 2.75) is 38.8 Å². The molecule has 0 radical (unpaired) electrons. The summed E-state index contributed by atoms with van der Waals surface area (Å²) in [4.78, 5) is 16.8. The third kappa shape index (κ3) is 5.20. The molecule has 12 heteroatoms. The summed E-state index contributed by atoms with van der Waals surface area (Å²) >= 11 is 0. The Labute approximate surface area is 213 Å². The van der Waals surface area contributed by atoms with Crippen molar-refractivity contribution >= 4 is 22.5 Å². The fourth-order valence-corrected chi connectivity index (χ4v) is 5.54. The largest absolute Gasteiger partial charge is 0.485 e. The van der Waals surface area contributed by atoms with Gasteiger partial charge in [-0.2, -0.15) is 8.78 Å². The number of halogens is 3. The van der Waals surface area contributed by atoms with Gasteiger partial charge in [0.05, 0.1) is 12.2 Å². The number of aromatic nitrogens is 2. The zero-order valence-electron chi connectivity index (χ0n) is 20.2. The van der Waals surface area contributed by atoms with E-state index in [0.717, 1.165) is 11.6 Å². The monoisotopic (exact) mass is 534 g/mol. The summed E-state index contributed by atoms with van der Waals surface area (Å²) in [7, 11) is -0.973. The van der Waals surface area contributed by atoms with Gasteiger partial charge in [-0.25, -0.2) is 9.18 Å². The number of nitrogens with zero attached hydrogens (tertiary/aromatic N) is 4. The van der Waals surface area contributed by atoms with E-state index in [1.54, 1.807) is 11.0 Å². The van der Waals surface area contributed by atoms with Gasteiger partial charge in [-0.3, -0.25) is 9.11 Å². The van der Waals surface area contributed by atoms with Crippen LogP contribution in [0.4, 0.5) is 23.7 Å². The molecule has 196 valence electrons. The van der Waals surface area contributed by atoms with Crippen molar-refractivity contribution in [2.24, 2.45) is 0 Å². The zero-order valence-corrected chi connectivity index (χ0v) is 21.1. The maximum Gasteiger partial charge on any atom is 0.324 e. The van der Waals surface area contributed by atoms with Crippen LogP contribution in [-0.2, 0) is 23.8 Å². The summed E-state index contributed by atoms with van der Waals surface area (Å²) < 4.78 is 63.8. The number of hydrogen-bond acceptors (Lipinski definition) is 6. The molecule has 2 aliphatic rings. The Morgan fingerprint density at radius 3 is 2.62 bits per heavy atom. The van der Waals surface area contributed by atoms with E-state index in [0.29, 0.717) is 42.5 Å². The number of urea groups is 1. The molecule has 2 aromatic carbocycles. The molecule has 1 aromatic heterocycles. The molecule has 1 saturated heterocycles. The minimum Gasteiger partial charge on any atom is -0.485 e. The molecular weight excluding hydrogens is 509 g/mol. The van der Waals surface area contributed by atoms with Gasteiger partial charge in [0.15, 0.2) is 0 Å². The molecule has 3 heterocycles. The Kier molecular flexibility index (Phi) is 6.69. The van der Waals surface area contributed by atoms with E-state index in [1.807, 2.05) is 26.0 Å². The smallest absolute Gasteiger partial charge is 0.324 e. The van der Waals surface area contributed by atoms with E-state index in [2.05, 4.69) is 10.2 Å². The summed E-state index contributed by atoms with van der Waals surface area (Å²) in [6.07, 6.45) is -2.27. The van der Waals surface area contributed by atoms with E-state index in [-0.39, 0.29) is 29.6 Å². The molecule has 8 nitrogen and oxygen atoms in total. The highest BCUT2D eigenvalue weighted by Gasteiger charge is 2.35. The Balaban J connectivity index is 1.48. The highest BCUT2D eigenvalue weighted by molar-refractivity contribution is 7.85. The molecule has 2 amide bonds. The van der Waals surface area contributed by atoms with E-state index in [4.69, 9.17) is 9.15 Å². The Bertz CT molecular complexity index is 1350. The van der Waals surface area contributed by atoms with Gasteiger partial charge >= 0.3 is 12.5 Å². The van der Waals surface area contributed by atoms with E-state index in [1.165, 1.54) is 17.0 Å². The van der Waals surface area contributed by atoms with Crippen LogP contribution in [0, 0.1) is 5.82 Å². The molecule has 1 fully saturated rings. The van der Waals surface area contributed by atoms with Crippen molar-refractivity contribution in [3.63, 3.8) is 0 Å². The third-order valence-electron chi connectivity index (χ3n) is 6.30. The Hall–Kier alpha value is -3.41. The summed E-state index contributed by atoms with van der Waals surface area (Å²) in [6.45, 7) is 4.45. The van der Waals surface area contributed by atoms with E-state index < -0.39 is 34.5 Å². The molecule has 5 rings (SSSR count). The third-order valence-corrected chi connectivity index (χ3v) is 7.57. The summed E-state index contributed by atoms with van der Waals surface area (Å²) in [5.74, 6) is -0.413. The topological polar surface area (TPSA) is 88.8 Å². The molecular formula is C25H25F3N4O4S. The molecule has 0 aliphatic carbocycles. The number of benzene rings is 2. The van der Waals surface area contributed by atoms with Crippen molar-refractivity contribution in [3.05, 3.63) is 59.2 Å². The van der Waals surface area contributed by atoms with Crippen LogP contribution in [0.5, 0.6) is 5.75 Å². The average molecular weight is 535 g/mol. The highest BCUT2D eigenvalue weighted by Crippen LogP contribution is 2.43. The maximum atomic E-state index is 15.3. The summed E-state index contributed by atoms with van der Waals surface area (Å²) in [5.41, 5.74) is 1.34. The standard InChI is InChI=1S/C25H25F3N4O4S/c1-25(2)13-16-4-3-5-19(20(16)36-25)32(24(33)31-8-10-37(34)11-9-31)14-17-7-6-15(12-18(17)26)22-29-30-23(35-22)21(27)28/h3-7,12,21H,8-11,13-14H2,1-2H3. The fourth-order valence-electron chi connectivity index (χ4n) is 4.49. The Morgan fingerprint density at radius 1 is 1.19 bits per heavy atom. The first kappa shape index (κ1) is 25.2. The van der Waals surface area contributed by atoms with Crippen molar-refractivity contribution in [1.82, 2.24) is 15.1 Å². The van der Waals surface area contributed by atoms with Gasteiger partial charge in [-0.05, 0) is 32.0 Å². The minimum absolute atomic E-state index is 0.114. The lowest BCUT2D eigenvalue weighted by atomic mass is 10.0. The minimum atomic E-state index is -2.93. The second-order valence-corrected chi connectivity index (χ2v) is 11.3. The van der Waals surface area contributed by atoms with Gasteiger partial charge in [-0.15, -0.1) is 10.2 Å². The number of ether oxygens (including phenoxy) is 1. The van der Waals surface area contributed by atoms with Crippen molar-refractivity contribution in [2.75, 3.05) is 29.5 Å². The van der Waals surface area contributed by atoms with Crippen molar-refractivity contribution in [1.29, 1.82) is 0 Å². The second kappa shape index (κ2) is 9.81. The van der Waals surface area contributed by atoms with Crippen LogP contribution in [0.1, 0.15) is 37.3 Å². The number of carbonyl (C=O) groups is 1. The number of alkyl halides is 2. The lowest BCUT2D eigenvalue weighted by molar-refractivity contribution is 0.116. The number of rotatable bonds is 5. The van der Waals surface area contributed by atoms with Gasteiger partial charge in [0.2, 0.25) is 5.89 Å². The van der Waals surface area contributed by atoms with Crippen LogP contribution in [0.25, 0.3) is 11.5 Å². The van der Waals surface area contributed by atoms with Gasteiger partial charge in [0, 0.05) is 58.5 Å². The molecule has 0 bridgehead atoms. The van der Waals surface area contributed by atoms with Gasteiger partial charge in [0.1, 0.15) is 17.2 Å². The number of para-hydroxylation sites is 1.